The van der Waals surface area contributed by atoms with Crippen LogP contribution in [0.2, 0.25) is 0 Å². The number of H-pyrrole nitrogens is 1. The van der Waals surface area contributed by atoms with E-state index < -0.39 is 41.3 Å². The van der Waals surface area contributed by atoms with Gasteiger partial charge < -0.3 is 15.4 Å². The average molecular weight is 358 g/mol. The van der Waals surface area contributed by atoms with Gasteiger partial charge in [-0.15, -0.1) is 0 Å². The molecule has 0 bridgehead atoms. The van der Waals surface area contributed by atoms with Gasteiger partial charge in [0.2, 0.25) is 17.5 Å². The number of hydrogen-bond acceptors (Lipinski definition) is 4. The van der Waals surface area contributed by atoms with Gasteiger partial charge in [0.15, 0.2) is 0 Å². The molecule has 0 radical (unpaired) electrons. The van der Waals surface area contributed by atoms with E-state index in [1.54, 1.807) is 45.0 Å². The molecule has 7 heteroatoms. The first-order valence-corrected chi connectivity index (χ1v) is 8.26. The monoisotopic (exact) mass is 358 g/mol. The molecular formula is C19H22N2O5. The van der Waals surface area contributed by atoms with E-state index in [9.17, 15) is 24.3 Å². The van der Waals surface area contributed by atoms with Gasteiger partial charge in [-0.2, -0.15) is 0 Å². The van der Waals surface area contributed by atoms with Crippen LogP contribution >= 0.6 is 0 Å². The summed E-state index contributed by atoms with van der Waals surface area (Å²) in [4.78, 5) is 51.0. The minimum Gasteiger partial charge on any atom is -0.481 e. The third-order valence-electron chi connectivity index (χ3n) is 3.81. The molecule has 0 aliphatic heterocycles. The lowest BCUT2D eigenvalue weighted by molar-refractivity contribution is -0.145. The van der Waals surface area contributed by atoms with Crippen molar-refractivity contribution in [3.05, 3.63) is 36.0 Å². The van der Waals surface area contributed by atoms with E-state index in [2.05, 4.69) is 10.3 Å². The summed E-state index contributed by atoms with van der Waals surface area (Å²) in [6, 6.07) is 7.02. The van der Waals surface area contributed by atoms with E-state index in [0.717, 1.165) is 0 Å². The van der Waals surface area contributed by atoms with Crippen molar-refractivity contribution in [1.82, 2.24) is 10.3 Å². The lowest BCUT2D eigenvalue weighted by atomic mass is 9.94. The van der Waals surface area contributed by atoms with E-state index >= 15 is 0 Å². The predicted octanol–water partition coefficient (Wildman–Crippen LogP) is 2.32. The van der Waals surface area contributed by atoms with Crippen LogP contribution in [0.3, 0.4) is 0 Å². The van der Waals surface area contributed by atoms with Crippen LogP contribution in [-0.2, 0) is 14.4 Å². The van der Waals surface area contributed by atoms with Crippen molar-refractivity contribution >= 4 is 34.3 Å². The number of carbonyl (C=O) groups excluding carboxylic acids is 3. The third-order valence-corrected chi connectivity index (χ3v) is 3.81. The van der Waals surface area contributed by atoms with E-state index in [4.69, 9.17) is 0 Å². The first-order valence-electron chi connectivity index (χ1n) is 8.26. The van der Waals surface area contributed by atoms with Crippen LogP contribution in [0.5, 0.6) is 0 Å². The van der Waals surface area contributed by atoms with Crippen molar-refractivity contribution in [3.8, 4) is 0 Å². The number of hydrogen-bond donors (Lipinski definition) is 3. The molecule has 1 aromatic heterocycles. The van der Waals surface area contributed by atoms with Gasteiger partial charge in [-0.05, 0) is 26.8 Å². The summed E-state index contributed by atoms with van der Waals surface area (Å²) in [7, 11) is 0. The second-order valence-electron chi connectivity index (χ2n) is 7.24. The van der Waals surface area contributed by atoms with Crippen LogP contribution in [0.1, 0.15) is 44.0 Å². The van der Waals surface area contributed by atoms with Crippen molar-refractivity contribution in [2.75, 3.05) is 0 Å². The fourth-order valence-corrected chi connectivity index (χ4v) is 2.67. The molecule has 2 rings (SSSR count). The number of rotatable bonds is 7. The molecule has 7 nitrogen and oxygen atoms in total. The first-order chi connectivity index (χ1) is 12.1. The maximum atomic E-state index is 12.4. The number of carboxylic acid groups (broad SMARTS) is 1. The highest BCUT2D eigenvalue weighted by Gasteiger charge is 2.29. The smallest absolute Gasteiger partial charge is 0.307 e. The molecular weight excluding hydrogens is 336 g/mol. The number of aliphatic carboxylic acids is 1. The Hall–Kier alpha value is -2.96. The Bertz CT molecular complexity index is 860. The highest BCUT2D eigenvalue weighted by Crippen LogP contribution is 2.20. The van der Waals surface area contributed by atoms with E-state index in [-0.39, 0.29) is 12.0 Å². The van der Waals surface area contributed by atoms with E-state index in [1.807, 2.05) is 0 Å². The molecule has 2 aromatic rings. The number of carbonyl (C=O) groups is 4. The van der Waals surface area contributed by atoms with Crippen molar-refractivity contribution in [3.63, 3.8) is 0 Å². The van der Waals surface area contributed by atoms with Crippen LogP contribution in [0.15, 0.2) is 30.5 Å². The van der Waals surface area contributed by atoms with Gasteiger partial charge in [-0.1, -0.05) is 18.2 Å². The fraction of sp³-hybridized carbons (Fsp3) is 0.368. The second-order valence-corrected chi connectivity index (χ2v) is 7.24. The summed E-state index contributed by atoms with van der Waals surface area (Å²) in [5, 5.41) is 12.6. The van der Waals surface area contributed by atoms with Gasteiger partial charge in [-0.3, -0.25) is 19.2 Å². The van der Waals surface area contributed by atoms with Crippen LogP contribution in [0.4, 0.5) is 0 Å². The minimum atomic E-state index is -1.28. The van der Waals surface area contributed by atoms with Gasteiger partial charge in [0.05, 0.1) is 11.5 Å². The molecule has 1 heterocycles. The summed E-state index contributed by atoms with van der Waals surface area (Å²) in [5.74, 6) is -4.60. The maximum absolute atomic E-state index is 12.4. The minimum absolute atomic E-state index is 0.203. The van der Waals surface area contributed by atoms with Gasteiger partial charge >= 0.3 is 5.97 Å². The third kappa shape index (κ3) is 4.78. The van der Waals surface area contributed by atoms with Crippen LogP contribution in [0, 0.1) is 5.92 Å². The van der Waals surface area contributed by atoms with Gasteiger partial charge in [0.1, 0.15) is 0 Å². The molecule has 0 saturated carbocycles. The molecule has 26 heavy (non-hydrogen) atoms. The van der Waals surface area contributed by atoms with Crippen molar-refractivity contribution in [2.24, 2.45) is 5.92 Å². The molecule has 3 N–H and O–H groups in total. The van der Waals surface area contributed by atoms with Gasteiger partial charge in [-0.25, -0.2) is 0 Å². The van der Waals surface area contributed by atoms with Crippen molar-refractivity contribution in [1.29, 1.82) is 0 Å². The highest BCUT2D eigenvalue weighted by molar-refractivity contribution is 6.46. The molecule has 0 unspecified atom stereocenters. The lowest BCUT2D eigenvalue weighted by Gasteiger charge is -2.21. The Balaban J connectivity index is 2.11. The molecule has 1 amide bonds. The topological polar surface area (TPSA) is 116 Å². The normalized spacial score (nSPS) is 12.6. The molecule has 138 valence electrons. The average Bonchev–Trinajstić information content (AvgIpc) is 2.95. The van der Waals surface area contributed by atoms with Crippen LogP contribution < -0.4 is 5.32 Å². The Kier molecular flexibility index (Phi) is 5.59. The van der Waals surface area contributed by atoms with E-state index in [1.165, 1.54) is 6.20 Å². The summed E-state index contributed by atoms with van der Waals surface area (Å²) in [6.45, 7) is 5.31. The molecule has 1 atom stereocenters. The molecule has 0 spiro atoms. The summed E-state index contributed by atoms with van der Waals surface area (Å²) >= 11 is 0. The Morgan fingerprint density at radius 1 is 1.12 bits per heavy atom. The van der Waals surface area contributed by atoms with Crippen molar-refractivity contribution in [2.45, 2.75) is 39.2 Å². The summed E-state index contributed by atoms with van der Waals surface area (Å²) < 4.78 is 0. The summed E-state index contributed by atoms with van der Waals surface area (Å²) in [6.07, 6.45) is 0.553. The molecule has 0 fully saturated rings. The number of Topliss-reactive ketones (excluding diaryl/α,β-unsaturated/α-hetero) is 2. The first kappa shape index (κ1) is 19.4. The highest BCUT2D eigenvalue weighted by atomic mass is 16.4. The molecule has 0 saturated heterocycles. The molecule has 1 aromatic carbocycles. The zero-order chi connectivity index (χ0) is 19.5. The maximum Gasteiger partial charge on any atom is 0.307 e. The molecule has 0 aliphatic rings. The molecule has 0 aliphatic carbocycles. The van der Waals surface area contributed by atoms with E-state index in [0.29, 0.717) is 10.9 Å². The van der Waals surface area contributed by atoms with Crippen LogP contribution in [0.25, 0.3) is 10.9 Å². The number of benzene rings is 1. The lowest BCUT2D eigenvalue weighted by Crippen LogP contribution is -2.42. The van der Waals surface area contributed by atoms with Gasteiger partial charge in [0.25, 0.3) is 0 Å². The number of fused-ring (bicyclic) bond motifs is 1. The zero-order valence-electron chi connectivity index (χ0n) is 15.0. The van der Waals surface area contributed by atoms with Crippen molar-refractivity contribution < 1.29 is 24.3 Å². The number of aromatic amines is 1. The van der Waals surface area contributed by atoms with Crippen LogP contribution in [-0.4, -0.2) is 39.1 Å². The number of aromatic nitrogens is 1. The zero-order valence-corrected chi connectivity index (χ0v) is 15.0. The predicted molar refractivity (Wildman–Crippen MR) is 95.9 cm³/mol. The number of para-hydroxylation sites is 1. The Morgan fingerprint density at radius 2 is 1.77 bits per heavy atom. The Labute approximate surface area is 150 Å². The fourth-order valence-electron chi connectivity index (χ4n) is 2.67. The largest absolute Gasteiger partial charge is 0.481 e. The SMILES string of the molecule is CC(C)(C)NC(=O)C[C@H](CC(=O)C(=O)c1c[nH]c2ccccc12)C(=O)O. The number of nitrogens with one attached hydrogen (secondary N) is 2. The number of ketones is 2. The standard InChI is InChI=1S/C19H22N2O5/c1-19(2,3)21-16(23)9-11(18(25)26)8-15(22)17(24)13-10-20-14-7-5-4-6-12(13)14/h4-7,10-11,20H,8-9H2,1-3H3,(H,21,23)(H,25,26)/t11-/m0/s1. The quantitative estimate of drug-likeness (QED) is 0.519. The second kappa shape index (κ2) is 7.51. The number of amides is 1. The van der Waals surface area contributed by atoms with Gasteiger partial charge in [0, 0.05) is 35.5 Å². The number of carboxylic acids is 1. The Morgan fingerprint density at radius 3 is 2.38 bits per heavy atom. The summed E-state index contributed by atoms with van der Waals surface area (Å²) in [5.41, 5.74) is 0.404.